The first-order valence-electron chi connectivity index (χ1n) is 44.0. The number of carbonyl (C=O) groups excluding carboxylic acids is 8. The maximum Gasteiger partial charge on any atom is 0.331 e. The van der Waals surface area contributed by atoms with E-state index in [1.54, 1.807) is 163 Å². The number of ether oxygens (including phenoxy) is 8. The van der Waals surface area contributed by atoms with Gasteiger partial charge in [0.25, 0.3) is 20.0 Å². The third-order valence-electron chi connectivity index (χ3n) is 22.3. The second kappa shape index (κ2) is 46.7. The van der Waals surface area contributed by atoms with Gasteiger partial charge in [-0.15, -0.1) is 0 Å². The highest BCUT2D eigenvalue weighted by Crippen LogP contribution is 2.40. The molecule has 4 aliphatic heterocycles. The molecule has 41 heteroatoms. The summed E-state index contributed by atoms with van der Waals surface area (Å²) in [5.74, 6) is 2.32. The first kappa shape index (κ1) is 105. The topological polar surface area (TPSA) is 439 Å². The standard InChI is InChI=1S/C31H29N3O6S.C25H24BrN3O6S.2C22H27N3O6S/c1-33(24-17-18-27-28(20-24)40-21-39-27)30(35)26(19-22-11-5-3-6-12-22)32-31(36)34(2)41(37,38)29-16-10-9-15-25(29)23-13-7-4-8-14-23;1-28(18-12-13-21-22(15-18)35-16-34-21)24(30)20(14-17-8-4-3-5-9-17)27-25(31)29(2)36(32,33)23-11-7-6-10-19(23)26;1-22(2,3)32(28,29)24-21(27)23-17(12-15-8-6-5-7-9-15)20(26)25(4)16-10-11-18-19(13-16)31-14-30-18;1-15(2)13-32(28,29)24-22(27)23-18(11-16-7-5-4-6-8-16)21(26)25(3)17-9-10-19-20(12-17)31-14-30-19/h3-18,20,26H,19,21H2,1-2H3,(H,32,36);3-13,15,20H,14,16H2,1-2H3,(H,27,31);5-11,13,17H,12,14H2,1-4H3,(H2,23,24,27);4-10,12,15,18H,11,13-14H2,1-3H3,(H2,23,24,27)/t26-;20-;17-;18-/m0000/s1. The monoisotopic (exact) mass is 2070 g/mol. The first-order valence-corrected chi connectivity index (χ1v) is 50.8. The van der Waals surface area contributed by atoms with E-state index in [1.807, 2.05) is 149 Å². The average Bonchev–Trinajstić information content (AvgIpc) is 1.65. The number of halogens is 1. The number of nitrogens with zero attached hydrogens (tertiary/aromatic N) is 6. The Kier molecular flexibility index (Phi) is 34.7. The van der Waals surface area contributed by atoms with E-state index in [0.717, 1.165) is 29.3 Å². The molecule has 11 aromatic carbocycles. The van der Waals surface area contributed by atoms with Crippen LogP contribution >= 0.6 is 15.9 Å². The zero-order valence-electron chi connectivity index (χ0n) is 78.7. The first-order chi connectivity index (χ1) is 67.1. The molecule has 0 saturated heterocycles. The van der Waals surface area contributed by atoms with Crippen LogP contribution in [0.15, 0.2) is 287 Å². The molecule has 6 N–H and O–H groups in total. The van der Waals surface area contributed by atoms with Crippen molar-refractivity contribution < 1.29 is 110 Å². The molecule has 742 valence electrons. The van der Waals surface area contributed by atoms with Crippen LogP contribution in [0.5, 0.6) is 46.0 Å². The lowest BCUT2D eigenvalue weighted by atomic mass is 10.0. The van der Waals surface area contributed by atoms with Crippen LogP contribution in [0.4, 0.5) is 41.9 Å². The molecule has 0 bridgehead atoms. The number of nitrogens with one attached hydrogen (secondary N) is 6. The van der Waals surface area contributed by atoms with Gasteiger partial charge in [-0.3, -0.25) is 19.2 Å². The van der Waals surface area contributed by atoms with E-state index in [0.29, 0.717) is 93.0 Å². The number of fused-ring (bicyclic) bond motifs is 4. The van der Waals surface area contributed by atoms with Crippen molar-refractivity contribution in [1.82, 2.24) is 39.3 Å². The highest BCUT2D eigenvalue weighted by molar-refractivity contribution is 9.10. The Bertz CT molecular complexity index is 6830. The van der Waals surface area contributed by atoms with Crippen LogP contribution in [0.2, 0.25) is 0 Å². The minimum absolute atomic E-state index is 0.0211. The highest BCUT2D eigenvalue weighted by atomic mass is 79.9. The number of sulfonamides is 4. The van der Waals surface area contributed by atoms with E-state index < -0.39 is 117 Å². The molecule has 12 amide bonds. The quantitative estimate of drug-likeness (QED) is 0.0253. The molecule has 0 aromatic heterocycles. The molecule has 4 atom stereocenters. The smallest absolute Gasteiger partial charge is 0.331 e. The number of hydrogen-bond donors (Lipinski definition) is 6. The molecule has 0 saturated carbocycles. The van der Waals surface area contributed by atoms with Gasteiger partial charge in [0, 0.05) is 125 Å². The van der Waals surface area contributed by atoms with Gasteiger partial charge in [-0.1, -0.05) is 196 Å². The van der Waals surface area contributed by atoms with E-state index >= 15 is 0 Å². The summed E-state index contributed by atoms with van der Waals surface area (Å²) < 4.78 is 150. The van der Waals surface area contributed by atoms with Gasteiger partial charge in [0.05, 0.1) is 15.4 Å². The number of likely N-dealkylation sites (N-methyl/N-ethyl adjacent to an activating group) is 4. The van der Waals surface area contributed by atoms with Gasteiger partial charge in [-0.2, -0.15) is 0 Å². The number of hydrogen-bond acceptors (Lipinski definition) is 24. The lowest BCUT2D eigenvalue weighted by molar-refractivity contribution is -0.120. The Morgan fingerprint density at radius 1 is 0.333 bits per heavy atom. The number of anilines is 4. The van der Waals surface area contributed by atoms with E-state index in [4.69, 9.17) is 37.9 Å². The van der Waals surface area contributed by atoms with Crippen molar-refractivity contribution in [3.05, 3.63) is 300 Å². The number of benzene rings is 11. The summed E-state index contributed by atoms with van der Waals surface area (Å²) in [5, 5.41) is 10.3. The molecular formula is C100H107BrN12O24S4. The van der Waals surface area contributed by atoms with Crippen molar-refractivity contribution in [2.45, 2.75) is 99.0 Å². The molecule has 0 radical (unpaired) electrons. The zero-order chi connectivity index (χ0) is 102. The number of amides is 12. The van der Waals surface area contributed by atoms with Gasteiger partial charge in [0.15, 0.2) is 46.0 Å². The normalized spacial score (nSPS) is 13.3. The molecule has 4 aliphatic rings. The summed E-state index contributed by atoms with van der Waals surface area (Å²) in [4.78, 5) is 111. The van der Waals surface area contributed by atoms with Crippen LogP contribution in [0.3, 0.4) is 0 Å². The molecule has 0 unspecified atom stereocenters. The molecule has 0 spiro atoms. The molecule has 36 nitrogen and oxygen atoms in total. The Morgan fingerprint density at radius 2 is 0.603 bits per heavy atom. The number of carbonyl (C=O) groups is 8. The summed E-state index contributed by atoms with van der Waals surface area (Å²) in [7, 11) is -7.57. The Balaban J connectivity index is 0.000000169. The van der Waals surface area contributed by atoms with Gasteiger partial charge in [0.1, 0.15) is 29.1 Å². The van der Waals surface area contributed by atoms with Crippen molar-refractivity contribution in [2.24, 2.45) is 5.92 Å². The third-order valence-corrected chi connectivity index (χ3v) is 30.5. The van der Waals surface area contributed by atoms with Gasteiger partial charge in [-0.25, -0.2) is 70.9 Å². The van der Waals surface area contributed by atoms with Crippen LogP contribution < -0.4 is 88.2 Å². The predicted octanol–water partition coefficient (Wildman–Crippen LogP) is 13.2. The van der Waals surface area contributed by atoms with Gasteiger partial charge in [0.2, 0.25) is 70.8 Å². The van der Waals surface area contributed by atoms with E-state index in [9.17, 15) is 72.0 Å². The SMILES string of the molecule is CC(C)CS(=O)(=O)NC(=O)N[C@@H](Cc1ccccc1)C(=O)N(C)c1ccc2c(c1)OCO2.CN(C(=O)[C@H](Cc1ccccc1)NC(=O)N(C)S(=O)(=O)c1ccccc1-c1ccccc1)c1ccc2c(c1)OCO2.CN(C(=O)[C@H](Cc1ccccc1)NC(=O)N(C)S(=O)(=O)c1ccccc1Br)c1ccc2c(c1)OCO2.CN(C(=O)[C@H](Cc1ccccc1)NC(=O)NS(=O)(=O)C(C)(C)C)c1ccc2c(c1)OCO2. The van der Waals surface area contributed by atoms with Crippen LogP contribution in [-0.4, -0.2) is 194 Å². The van der Waals surface area contributed by atoms with Crippen molar-refractivity contribution >= 4 is 127 Å². The fourth-order valence-electron chi connectivity index (χ4n) is 14.5. The summed E-state index contributed by atoms with van der Waals surface area (Å²) in [6.45, 7) is 8.31. The summed E-state index contributed by atoms with van der Waals surface area (Å²) in [6.07, 6.45) is 0.668. The second-order valence-electron chi connectivity index (χ2n) is 33.8. The molecule has 0 aliphatic carbocycles. The van der Waals surface area contributed by atoms with E-state index in [1.165, 1.54) is 59.6 Å². The average molecular weight is 2070 g/mol. The molecule has 0 fully saturated rings. The maximum absolute atomic E-state index is 13.7. The predicted molar refractivity (Wildman–Crippen MR) is 533 cm³/mol. The molecule has 15 rings (SSSR count). The zero-order valence-corrected chi connectivity index (χ0v) is 83.6. The fraction of sp³-hybridized carbons (Fsp3) is 0.260. The Labute approximate surface area is 826 Å². The molecule has 4 heterocycles. The second-order valence-corrected chi connectivity index (χ2v) is 42.7. The summed E-state index contributed by atoms with van der Waals surface area (Å²) >= 11 is 3.22. The lowest BCUT2D eigenvalue weighted by Crippen LogP contribution is -2.54. The van der Waals surface area contributed by atoms with Crippen molar-refractivity contribution in [2.75, 3.05) is 94.8 Å². The minimum Gasteiger partial charge on any atom is -0.454 e. The van der Waals surface area contributed by atoms with Crippen molar-refractivity contribution in [3.8, 4) is 57.1 Å². The molecule has 11 aromatic rings. The highest BCUT2D eigenvalue weighted by Gasteiger charge is 2.39. The Morgan fingerprint density at radius 3 is 0.915 bits per heavy atom. The van der Waals surface area contributed by atoms with Crippen molar-refractivity contribution in [1.29, 1.82) is 0 Å². The number of urea groups is 4. The van der Waals surface area contributed by atoms with Crippen LogP contribution in [0.25, 0.3) is 11.1 Å². The molecule has 141 heavy (non-hydrogen) atoms. The van der Waals surface area contributed by atoms with E-state index in [2.05, 4.69) is 37.2 Å². The number of rotatable bonds is 29. The van der Waals surface area contributed by atoms with Crippen LogP contribution in [0, 0.1) is 5.92 Å². The van der Waals surface area contributed by atoms with Crippen LogP contribution in [0.1, 0.15) is 56.9 Å². The van der Waals surface area contributed by atoms with Crippen molar-refractivity contribution in [3.63, 3.8) is 0 Å². The third kappa shape index (κ3) is 27.4. The van der Waals surface area contributed by atoms with Gasteiger partial charge in [-0.05, 0) is 137 Å². The van der Waals surface area contributed by atoms with Gasteiger partial charge >= 0.3 is 24.1 Å². The lowest BCUT2D eigenvalue weighted by Gasteiger charge is -2.27. The maximum atomic E-state index is 13.7. The van der Waals surface area contributed by atoms with Gasteiger partial charge < -0.3 is 78.8 Å². The van der Waals surface area contributed by atoms with Crippen LogP contribution in [-0.2, 0) is 85.0 Å². The Hall–Kier alpha value is -14.9. The molecular weight excluding hydrogens is 1960 g/mol. The summed E-state index contributed by atoms with van der Waals surface area (Å²) in [5.41, 5.74) is 6.54. The van der Waals surface area contributed by atoms with E-state index in [-0.39, 0.29) is 74.3 Å². The fourth-order valence-corrected chi connectivity index (χ4v) is 19.7. The minimum atomic E-state index is -4.27. The summed E-state index contributed by atoms with van der Waals surface area (Å²) in [6, 6.07) is 70.8. The largest absolute Gasteiger partial charge is 0.454 e.